The zero-order chi connectivity index (χ0) is 14.9. The molecule has 0 heterocycles. The maximum atomic E-state index is 8.73. The highest BCUT2D eigenvalue weighted by atomic mass is 15.1. The summed E-state index contributed by atoms with van der Waals surface area (Å²) >= 11 is 0. The van der Waals surface area contributed by atoms with Crippen LogP contribution in [0.3, 0.4) is 0 Å². The topological polar surface area (TPSA) is 74.2 Å². The lowest BCUT2D eigenvalue weighted by Gasteiger charge is -2.06. The number of hydrogen-bond donors (Lipinski definition) is 2. The SMILES string of the molecule is N#Cc1ccc(CN=C(N)NCCc2ccccc2)cc1. The quantitative estimate of drug-likeness (QED) is 0.650. The Kier molecular flexibility index (Phi) is 5.36. The van der Waals surface area contributed by atoms with Crippen LogP contribution < -0.4 is 11.1 Å². The molecule has 0 amide bonds. The number of rotatable bonds is 5. The summed E-state index contributed by atoms with van der Waals surface area (Å²) in [7, 11) is 0. The summed E-state index contributed by atoms with van der Waals surface area (Å²) in [6.45, 7) is 1.27. The zero-order valence-corrected chi connectivity index (χ0v) is 11.8. The summed E-state index contributed by atoms with van der Waals surface area (Å²) in [6.07, 6.45) is 0.911. The standard InChI is InChI=1S/C17H18N4/c18-12-15-6-8-16(9-7-15)13-21-17(19)20-11-10-14-4-2-1-3-5-14/h1-9H,10-11,13H2,(H3,19,20,21). The van der Waals surface area contributed by atoms with Gasteiger partial charge >= 0.3 is 0 Å². The van der Waals surface area contributed by atoms with Gasteiger partial charge in [0.1, 0.15) is 0 Å². The Bertz CT molecular complexity index is 624. The predicted molar refractivity (Wildman–Crippen MR) is 84.6 cm³/mol. The van der Waals surface area contributed by atoms with Gasteiger partial charge in [0, 0.05) is 6.54 Å². The molecule has 2 rings (SSSR count). The second kappa shape index (κ2) is 7.71. The number of nitriles is 1. The first-order valence-corrected chi connectivity index (χ1v) is 6.84. The molecule has 106 valence electrons. The predicted octanol–water partition coefficient (Wildman–Crippen LogP) is 2.21. The molecular weight excluding hydrogens is 260 g/mol. The highest BCUT2D eigenvalue weighted by Gasteiger charge is 1.96. The van der Waals surface area contributed by atoms with Crippen molar-refractivity contribution in [3.8, 4) is 6.07 Å². The number of aliphatic imine (C=N–C) groups is 1. The van der Waals surface area contributed by atoms with E-state index in [1.165, 1.54) is 5.56 Å². The van der Waals surface area contributed by atoms with Crippen LogP contribution in [0.2, 0.25) is 0 Å². The van der Waals surface area contributed by atoms with Crippen LogP contribution in [0.4, 0.5) is 0 Å². The van der Waals surface area contributed by atoms with E-state index in [1.807, 2.05) is 30.3 Å². The van der Waals surface area contributed by atoms with Gasteiger partial charge in [-0.1, -0.05) is 42.5 Å². The van der Waals surface area contributed by atoms with Crippen molar-refractivity contribution in [3.63, 3.8) is 0 Å². The van der Waals surface area contributed by atoms with Crippen molar-refractivity contribution in [1.29, 1.82) is 5.26 Å². The Morgan fingerprint density at radius 1 is 1.05 bits per heavy atom. The number of hydrogen-bond acceptors (Lipinski definition) is 2. The van der Waals surface area contributed by atoms with Crippen LogP contribution in [-0.4, -0.2) is 12.5 Å². The molecule has 0 aliphatic carbocycles. The van der Waals surface area contributed by atoms with Crippen LogP contribution >= 0.6 is 0 Å². The monoisotopic (exact) mass is 278 g/mol. The van der Waals surface area contributed by atoms with Gasteiger partial charge < -0.3 is 11.1 Å². The second-order valence-corrected chi connectivity index (χ2v) is 4.67. The first-order valence-electron chi connectivity index (χ1n) is 6.84. The van der Waals surface area contributed by atoms with E-state index in [0.29, 0.717) is 18.1 Å². The number of nitrogens with zero attached hydrogens (tertiary/aromatic N) is 2. The van der Waals surface area contributed by atoms with E-state index in [-0.39, 0.29) is 0 Å². The lowest BCUT2D eigenvalue weighted by Crippen LogP contribution is -2.33. The third kappa shape index (κ3) is 5.00. The van der Waals surface area contributed by atoms with E-state index >= 15 is 0 Å². The first-order chi connectivity index (χ1) is 10.3. The van der Waals surface area contributed by atoms with Crippen molar-refractivity contribution in [2.75, 3.05) is 6.54 Å². The van der Waals surface area contributed by atoms with Crippen molar-refractivity contribution >= 4 is 5.96 Å². The molecule has 3 N–H and O–H groups in total. The third-order valence-electron chi connectivity index (χ3n) is 3.08. The molecule has 0 fully saturated rings. The minimum absolute atomic E-state index is 0.440. The maximum Gasteiger partial charge on any atom is 0.188 e. The summed E-state index contributed by atoms with van der Waals surface area (Å²) in [6, 6.07) is 19.7. The summed E-state index contributed by atoms with van der Waals surface area (Å²) in [5.41, 5.74) is 8.78. The van der Waals surface area contributed by atoms with Crippen molar-refractivity contribution in [3.05, 3.63) is 71.3 Å². The average molecular weight is 278 g/mol. The Balaban J connectivity index is 1.77. The number of guanidine groups is 1. The van der Waals surface area contributed by atoms with Gasteiger partial charge in [-0.05, 0) is 29.7 Å². The molecular formula is C17H18N4. The molecule has 0 radical (unpaired) electrons. The van der Waals surface area contributed by atoms with E-state index < -0.39 is 0 Å². The van der Waals surface area contributed by atoms with Crippen molar-refractivity contribution in [1.82, 2.24) is 5.32 Å². The minimum atomic E-state index is 0.440. The Morgan fingerprint density at radius 2 is 1.76 bits per heavy atom. The molecule has 0 aliphatic heterocycles. The smallest absolute Gasteiger partial charge is 0.188 e. The van der Waals surface area contributed by atoms with Gasteiger partial charge in [-0.2, -0.15) is 5.26 Å². The van der Waals surface area contributed by atoms with Crippen molar-refractivity contribution in [2.24, 2.45) is 10.7 Å². The van der Waals surface area contributed by atoms with Gasteiger partial charge in [-0.3, -0.25) is 0 Å². The molecule has 4 heteroatoms. The molecule has 0 atom stereocenters. The van der Waals surface area contributed by atoms with E-state index in [4.69, 9.17) is 11.0 Å². The van der Waals surface area contributed by atoms with Gasteiger partial charge in [-0.25, -0.2) is 4.99 Å². The molecule has 0 aromatic heterocycles. The first kappa shape index (κ1) is 14.6. The largest absolute Gasteiger partial charge is 0.370 e. The van der Waals surface area contributed by atoms with Crippen LogP contribution in [0.25, 0.3) is 0 Å². The summed E-state index contributed by atoms with van der Waals surface area (Å²) in [5.74, 6) is 0.440. The summed E-state index contributed by atoms with van der Waals surface area (Å²) < 4.78 is 0. The van der Waals surface area contributed by atoms with Crippen LogP contribution in [-0.2, 0) is 13.0 Å². The molecule has 0 spiro atoms. The van der Waals surface area contributed by atoms with Crippen molar-refractivity contribution < 1.29 is 0 Å². The summed E-state index contributed by atoms with van der Waals surface area (Å²) in [4.78, 5) is 4.28. The number of nitrogens with one attached hydrogen (secondary N) is 1. The maximum absolute atomic E-state index is 8.73. The molecule has 0 unspecified atom stereocenters. The van der Waals surface area contributed by atoms with Crippen LogP contribution in [0.15, 0.2) is 59.6 Å². The van der Waals surface area contributed by atoms with Gasteiger partial charge in [-0.15, -0.1) is 0 Å². The van der Waals surface area contributed by atoms with E-state index in [1.54, 1.807) is 12.1 Å². The van der Waals surface area contributed by atoms with Gasteiger partial charge in [0.25, 0.3) is 0 Å². The molecule has 0 bridgehead atoms. The van der Waals surface area contributed by atoms with Crippen LogP contribution in [0.1, 0.15) is 16.7 Å². The highest BCUT2D eigenvalue weighted by molar-refractivity contribution is 5.77. The Morgan fingerprint density at radius 3 is 2.43 bits per heavy atom. The fraction of sp³-hybridized carbons (Fsp3) is 0.176. The number of benzene rings is 2. The van der Waals surface area contributed by atoms with Gasteiger partial charge in [0.2, 0.25) is 0 Å². The molecule has 2 aromatic carbocycles. The highest BCUT2D eigenvalue weighted by Crippen LogP contribution is 2.04. The Hall–Kier alpha value is -2.80. The molecule has 0 aliphatic rings. The second-order valence-electron chi connectivity index (χ2n) is 4.67. The zero-order valence-electron chi connectivity index (χ0n) is 11.8. The molecule has 21 heavy (non-hydrogen) atoms. The van der Waals surface area contributed by atoms with Gasteiger partial charge in [0.15, 0.2) is 5.96 Å². The molecule has 0 saturated carbocycles. The fourth-order valence-corrected chi connectivity index (χ4v) is 1.90. The van der Waals surface area contributed by atoms with E-state index in [2.05, 4.69) is 28.5 Å². The van der Waals surface area contributed by atoms with E-state index in [9.17, 15) is 0 Å². The van der Waals surface area contributed by atoms with Gasteiger partial charge in [0.05, 0.1) is 18.2 Å². The van der Waals surface area contributed by atoms with Crippen LogP contribution in [0.5, 0.6) is 0 Å². The number of nitrogens with two attached hydrogens (primary N) is 1. The van der Waals surface area contributed by atoms with Crippen LogP contribution in [0, 0.1) is 11.3 Å². The third-order valence-corrected chi connectivity index (χ3v) is 3.08. The average Bonchev–Trinajstić information content (AvgIpc) is 2.54. The lowest BCUT2D eigenvalue weighted by atomic mass is 10.1. The lowest BCUT2D eigenvalue weighted by molar-refractivity contribution is 0.848. The molecule has 0 saturated heterocycles. The minimum Gasteiger partial charge on any atom is -0.370 e. The molecule has 2 aromatic rings. The fourth-order valence-electron chi connectivity index (χ4n) is 1.90. The van der Waals surface area contributed by atoms with Crippen molar-refractivity contribution in [2.45, 2.75) is 13.0 Å². The van der Waals surface area contributed by atoms with E-state index in [0.717, 1.165) is 18.5 Å². The normalized spacial score (nSPS) is 10.9. The Labute approximate surface area is 124 Å². The molecule has 4 nitrogen and oxygen atoms in total. The summed E-state index contributed by atoms with van der Waals surface area (Å²) in [5, 5.41) is 11.8.